The summed E-state index contributed by atoms with van der Waals surface area (Å²) in [5, 5.41) is 10.8. The molecular weight excluding hydrogens is 270 g/mol. The number of methoxy groups -OCH3 is 1. The van der Waals surface area contributed by atoms with E-state index in [4.69, 9.17) is 21.1 Å². The van der Waals surface area contributed by atoms with Gasteiger partial charge < -0.3 is 19.5 Å². The molecule has 2 heterocycles. The molecule has 0 bridgehead atoms. The zero-order valence-electron chi connectivity index (χ0n) is 11.1. The van der Waals surface area contributed by atoms with Gasteiger partial charge in [-0.15, -0.1) is 0 Å². The third-order valence-corrected chi connectivity index (χ3v) is 3.53. The van der Waals surface area contributed by atoms with Crippen LogP contribution in [0.15, 0.2) is 6.33 Å². The standard InChI is InChI=1S/C12H18ClN3O3/c1-16(7-12(17)3-5-19-6-4-12)11-9(18-2)10(13)14-8-15-11/h8,17H,3-7H2,1-2H3. The van der Waals surface area contributed by atoms with E-state index in [-0.39, 0.29) is 5.15 Å². The first-order valence-electron chi connectivity index (χ1n) is 6.11. The van der Waals surface area contributed by atoms with Crippen LogP contribution in [0.3, 0.4) is 0 Å². The normalized spacial score (nSPS) is 18.1. The maximum absolute atomic E-state index is 10.5. The molecule has 0 unspecified atom stereocenters. The van der Waals surface area contributed by atoms with Crippen molar-refractivity contribution in [2.24, 2.45) is 0 Å². The Morgan fingerprint density at radius 1 is 1.47 bits per heavy atom. The van der Waals surface area contributed by atoms with Gasteiger partial charge in [-0.2, -0.15) is 0 Å². The Morgan fingerprint density at radius 3 is 2.79 bits per heavy atom. The lowest BCUT2D eigenvalue weighted by Gasteiger charge is -2.36. The number of anilines is 1. The topological polar surface area (TPSA) is 67.7 Å². The number of aliphatic hydroxyl groups is 1. The Morgan fingerprint density at radius 2 is 2.16 bits per heavy atom. The number of likely N-dealkylation sites (N-methyl/N-ethyl adjacent to an activating group) is 1. The first-order valence-corrected chi connectivity index (χ1v) is 6.49. The first-order chi connectivity index (χ1) is 9.06. The molecule has 1 aliphatic rings. The number of hydrogen-bond acceptors (Lipinski definition) is 6. The second kappa shape index (κ2) is 5.90. The average molecular weight is 288 g/mol. The fraction of sp³-hybridized carbons (Fsp3) is 0.667. The fourth-order valence-electron chi connectivity index (χ4n) is 2.22. The van der Waals surface area contributed by atoms with Gasteiger partial charge in [-0.25, -0.2) is 9.97 Å². The summed E-state index contributed by atoms with van der Waals surface area (Å²) >= 11 is 5.97. The van der Waals surface area contributed by atoms with Crippen LogP contribution in [0.2, 0.25) is 5.15 Å². The Hall–Kier alpha value is -1.11. The van der Waals surface area contributed by atoms with Crippen LogP contribution >= 0.6 is 11.6 Å². The van der Waals surface area contributed by atoms with Crippen LogP contribution in [0.25, 0.3) is 0 Å². The summed E-state index contributed by atoms with van der Waals surface area (Å²) in [6, 6.07) is 0. The smallest absolute Gasteiger partial charge is 0.199 e. The van der Waals surface area contributed by atoms with Crippen molar-refractivity contribution in [1.29, 1.82) is 0 Å². The zero-order chi connectivity index (χ0) is 13.9. The average Bonchev–Trinajstić information content (AvgIpc) is 2.38. The molecule has 1 aromatic heterocycles. The van der Waals surface area contributed by atoms with E-state index in [1.807, 2.05) is 11.9 Å². The summed E-state index contributed by atoms with van der Waals surface area (Å²) in [6.45, 7) is 1.60. The van der Waals surface area contributed by atoms with Crippen LogP contribution in [0.4, 0.5) is 5.82 Å². The van der Waals surface area contributed by atoms with Crippen LogP contribution in [0.5, 0.6) is 5.75 Å². The molecule has 1 aliphatic heterocycles. The molecular formula is C12H18ClN3O3. The van der Waals surface area contributed by atoms with Gasteiger partial charge in [0.1, 0.15) is 6.33 Å². The maximum atomic E-state index is 10.5. The van der Waals surface area contributed by atoms with Gasteiger partial charge in [0.25, 0.3) is 0 Å². The number of nitrogens with zero attached hydrogens (tertiary/aromatic N) is 3. The van der Waals surface area contributed by atoms with Crippen LogP contribution in [-0.4, -0.2) is 54.6 Å². The highest BCUT2D eigenvalue weighted by molar-refractivity contribution is 6.31. The SMILES string of the molecule is COc1c(Cl)ncnc1N(C)CC1(O)CCOCC1. The van der Waals surface area contributed by atoms with Crippen molar-refractivity contribution in [3.05, 3.63) is 11.5 Å². The van der Waals surface area contributed by atoms with Crippen LogP contribution in [-0.2, 0) is 4.74 Å². The third-order valence-electron chi connectivity index (χ3n) is 3.26. The summed E-state index contributed by atoms with van der Waals surface area (Å²) in [7, 11) is 3.36. The third kappa shape index (κ3) is 3.26. The quantitative estimate of drug-likeness (QED) is 0.837. The lowest BCUT2D eigenvalue weighted by Crippen LogP contribution is -2.46. The molecule has 0 spiro atoms. The van der Waals surface area contributed by atoms with Crippen molar-refractivity contribution in [3.8, 4) is 5.75 Å². The molecule has 0 saturated carbocycles. The summed E-state index contributed by atoms with van der Waals surface area (Å²) in [4.78, 5) is 9.88. The van der Waals surface area contributed by atoms with E-state index in [1.54, 1.807) is 0 Å². The van der Waals surface area contributed by atoms with Crippen molar-refractivity contribution >= 4 is 17.4 Å². The Kier molecular flexibility index (Phi) is 4.44. The lowest BCUT2D eigenvalue weighted by atomic mass is 9.94. The minimum Gasteiger partial charge on any atom is -0.490 e. The van der Waals surface area contributed by atoms with Crippen molar-refractivity contribution < 1.29 is 14.6 Å². The fourth-order valence-corrected chi connectivity index (χ4v) is 2.42. The number of hydrogen-bond donors (Lipinski definition) is 1. The molecule has 0 aliphatic carbocycles. The molecule has 0 radical (unpaired) electrons. The molecule has 1 aromatic rings. The van der Waals surface area contributed by atoms with E-state index >= 15 is 0 Å². The van der Waals surface area contributed by atoms with Gasteiger partial charge in [-0.3, -0.25) is 0 Å². The van der Waals surface area contributed by atoms with Gasteiger partial charge in [-0.05, 0) is 0 Å². The van der Waals surface area contributed by atoms with Crippen molar-refractivity contribution in [2.75, 3.05) is 38.8 Å². The van der Waals surface area contributed by atoms with Crippen LogP contribution < -0.4 is 9.64 Å². The minimum absolute atomic E-state index is 0.262. The number of ether oxygens (including phenoxy) is 2. The van der Waals surface area contributed by atoms with Gasteiger partial charge in [0.2, 0.25) is 0 Å². The van der Waals surface area contributed by atoms with E-state index in [0.29, 0.717) is 44.2 Å². The second-order valence-corrected chi connectivity index (χ2v) is 5.07. The van der Waals surface area contributed by atoms with Crippen molar-refractivity contribution in [2.45, 2.75) is 18.4 Å². The molecule has 1 fully saturated rings. The van der Waals surface area contributed by atoms with Crippen molar-refractivity contribution in [3.63, 3.8) is 0 Å². The molecule has 0 amide bonds. The van der Waals surface area contributed by atoms with Gasteiger partial charge in [0.15, 0.2) is 16.7 Å². The summed E-state index contributed by atoms with van der Waals surface area (Å²) < 4.78 is 10.5. The Bertz CT molecular complexity index is 438. The first kappa shape index (κ1) is 14.3. The second-order valence-electron chi connectivity index (χ2n) is 4.71. The van der Waals surface area contributed by atoms with Crippen LogP contribution in [0.1, 0.15) is 12.8 Å². The Labute approximate surface area is 117 Å². The highest BCUT2D eigenvalue weighted by Crippen LogP contribution is 2.32. The summed E-state index contributed by atoms with van der Waals surface area (Å²) in [6.07, 6.45) is 2.60. The molecule has 0 atom stereocenters. The van der Waals surface area contributed by atoms with Crippen molar-refractivity contribution in [1.82, 2.24) is 9.97 Å². The van der Waals surface area contributed by atoms with Crippen LogP contribution in [0, 0.1) is 0 Å². The van der Waals surface area contributed by atoms with E-state index in [1.165, 1.54) is 13.4 Å². The molecule has 1 N–H and O–H groups in total. The highest BCUT2D eigenvalue weighted by atomic mass is 35.5. The number of rotatable bonds is 4. The predicted octanol–water partition coefficient (Wildman–Crippen LogP) is 1.12. The number of aromatic nitrogens is 2. The Balaban J connectivity index is 2.15. The minimum atomic E-state index is -0.768. The number of halogens is 1. The predicted molar refractivity (Wildman–Crippen MR) is 71.9 cm³/mol. The van der Waals surface area contributed by atoms with Gasteiger partial charge in [-0.1, -0.05) is 11.6 Å². The molecule has 0 aromatic carbocycles. The van der Waals surface area contributed by atoms with E-state index < -0.39 is 5.60 Å². The molecule has 1 saturated heterocycles. The van der Waals surface area contributed by atoms with Gasteiger partial charge >= 0.3 is 0 Å². The summed E-state index contributed by atoms with van der Waals surface area (Å²) in [5.74, 6) is 0.991. The summed E-state index contributed by atoms with van der Waals surface area (Å²) in [5.41, 5.74) is -0.768. The van der Waals surface area contributed by atoms with Gasteiger partial charge in [0.05, 0.1) is 12.7 Å². The van der Waals surface area contributed by atoms with E-state index in [9.17, 15) is 5.11 Å². The van der Waals surface area contributed by atoms with E-state index in [2.05, 4.69) is 9.97 Å². The highest BCUT2D eigenvalue weighted by Gasteiger charge is 2.32. The lowest BCUT2D eigenvalue weighted by molar-refractivity contribution is -0.0573. The molecule has 2 rings (SSSR count). The molecule has 19 heavy (non-hydrogen) atoms. The van der Waals surface area contributed by atoms with Gasteiger partial charge in [0, 0.05) is 39.6 Å². The molecule has 106 valence electrons. The van der Waals surface area contributed by atoms with E-state index in [0.717, 1.165) is 0 Å². The molecule has 7 heteroatoms. The molecule has 6 nitrogen and oxygen atoms in total. The zero-order valence-corrected chi connectivity index (χ0v) is 11.9. The largest absolute Gasteiger partial charge is 0.490 e. The maximum Gasteiger partial charge on any atom is 0.199 e. The monoisotopic (exact) mass is 287 g/mol.